The van der Waals surface area contributed by atoms with E-state index < -0.39 is 92.9 Å². The molecule has 0 aliphatic heterocycles. The standard InChI is InChI=1S/C31H62N2O12/c1-4-5-6-7-8-9-10-11-12-13-14-15-16-21(30(44)32(2)17-22(36)26(40)28(42)24(38)19-34)31(45)33(3)18-23(37)27(41)29(43)25(39)20-35/h21-29,34-43H,4-20H2,1-3H3/t22-,23-,24+,25+,26+,27+,28+,29+/m0/s1. The molecule has 0 aliphatic rings. The topological polar surface area (TPSA) is 243 Å². The lowest BCUT2D eigenvalue weighted by molar-refractivity contribution is -0.152. The first-order valence-electron chi connectivity index (χ1n) is 16.4. The number of hydrogen-bond donors (Lipinski definition) is 10. The van der Waals surface area contributed by atoms with E-state index in [1.165, 1.54) is 52.6 Å². The third-order valence-corrected chi connectivity index (χ3v) is 8.27. The van der Waals surface area contributed by atoms with Crippen molar-refractivity contribution in [2.45, 2.75) is 139 Å². The molecule has 0 rings (SSSR count). The number of aliphatic hydroxyl groups is 10. The maximum Gasteiger partial charge on any atom is 0.234 e. The number of amides is 2. The quantitative estimate of drug-likeness (QED) is 0.0359. The minimum Gasteiger partial charge on any atom is -0.394 e. The van der Waals surface area contributed by atoms with E-state index in [9.17, 15) is 50.4 Å². The molecular formula is C31H62N2O12. The van der Waals surface area contributed by atoms with Crippen LogP contribution in [0.5, 0.6) is 0 Å². The molecule has 14 heteroatoms. The molecule has 0 radical (unpaired) electrons. The lowest BCUT2D eigenvalue weighted by Crippen LogP contribution is -2.53. The van der Waals surface area contributed by atoms with E-state index in [1.54, 1.807) is 0 Å². The van der Waals surface area contributed by atoms with E-state index >= 15 is 0 Å². The number of nitrogens with zero attached hydrogens (tertiary/aromatic N) is 2. The minimum atomic E-state index is -1.90. The summed E-state index contributed by atoms with van der Waals surface area (Å²) < 4.78 is 0. The van der Waals surface area contributed by atoms with Crippen molar-refractivity contribution in [1.29, 1.82) is 0 Å². The Balaban J connectivity index is 5.28. The summed E-state index contributed by atoms with van der Waals surface area (Å²) in [5, 5.41) is 97.9. The molecule has 0 saturated heterocycles. The van der Waals surface area contributed by atoms with Crippen LogP contribution in [0.1, 0.15) is 90.4 Å². The number of rotatable bonds is 27. The third kappa shape index (κ3) is 16.8. The molecule has 0 fully saturated rings. The zero-order valence-electron chi connectivity index (χ0n) is 27.4. The summed E-state index contributed by atoms with van der Waals surface area (Å²) in [6, 6.07) is 0. The third-order valence-electron chi connectivity index (χ3n) is 8.27. The first kappa shape index (κ1) is 43.5. The lowest BCUT2D eigenvalue weighted by atomic mass is 9.96. The predicted octanol–water partition coefficient (Wildman–Crippen LogP) is -1.52. The molecule has 0 aliphatic carbocycles. The van der Waals surface area contributed by atoms with Gasteiger partial charge in [0.1, 0.15) is 54.7 Å². The first-order valence-corrected chi connectivity index (χ1v) is 16.4. The number of carbonyl (C=O) groups excluding carboxylic acids is 2. The molecule has 0 aromatic carbocycles. The molecule has 0 spiro atoms. The molecule has 2 amide bonds. The van der Waals surface area contributed by atoms with Gasteiger partial charge in [-0.25, -0.2) is 0 Å². The summed E-state index contributed by atoms with van der Waals surface area (Å²) in [7, 11) is 2.59. The molecule has 45 heavy (non-hydrogen) atoms. The minimum absolute atomic E-state index is 0.138. The van der Waals surface area contributed by atoms with Crippen molar-refractivity contribution in [2.75, 3.05) is 40.4 Å². The maximum atomic E-state index is 13.4. The highest BCUT2D eigenvalue weighted by molar-refractivity contribution is 6.00. The monoisotopic (exact) mass is 654 g/mol. The van der Waals surface area contributed by atoms with Gasteiger partial charge in [-0.2, -0.15) is 0 Å². The van der Waals surface area contributed by atoms with Gasteiger partial charge in [-0.3, -0.25) is 9.59 Å². The molecule has 0 aromatic rings. The highest BCUT2D eigenvalue weighted by atomic mass is 16.4. The van der Waals surface area contributed by atoms with Crippen molar-refractivity contribution in [3.8, 4) is 0 Å². The van der Waals surface area contributed by atoms with Crippen LogP contribution in [-0.2, 0) is 9.59 Å². The van der Waals surface area contributed by atoms with Gasteiger partial charge in [0.15, 0.2) is 0 Å². The van der Waals surface area contributed by atoms with Crippen LogP contribution in [0.4, 0.5) is 0 Å². The van der Waals surface area contributed by atoms with Crippen molar-refractivity contribution >= 4 is 11.8 Å². The van der Waals surface area contributed by atoms with Gasteiger partial charge in [-0.1, -0.05) is 84.0 Å². The van der Waals surface area contributed by atoms with Crippen LogP contribution in [0, 0.1) is 5.92 Å². The number of unbranched alkanes of at least 4 members (excludes halogenated alkanes) is 11. The van der Waals surface area contributed by atoms with Crippen molar-refractivity contribution in [1.82, 2.24) is 9.80 Å². The predicted molar refractivity (Wildman–Crippen MR) is 167 cm³/mol. The molecule has 0 heterocycles. The van der Waals surface area contributed by atoms with Crippen LogP contribution in [0.2, 0.25) is 0 Å². The summed E-state index contributed by atoms with van der Waals surface area (Å²) in [6.07, 6.45) is -1.28. The second kappa shape index (κ2) is 24.7. The largest absolute Gasteiger partial charge is 0.394 e. The van der Waals surface area contributed by atoms with Gasteiger partial charge in [0, 0.05) is 27.2 Å². The van der Waals surface area contributed by atoms with Crippen molar-refractivity contribution in [3.05, 3.63) is 0 Å². The Morgan fingerprint density at radius 2 is 0.778 bits per heavy atom. The van der Waals surface area contributed by atoms with Crippen molar-refractivity contribution in [2.24, 2.45) is 5.92 Å². The molecule has 0 saturated carbocycles. The Morgan fingerprint density at radius 1 is 0.489 bits per heavy atom. The second-order valence-electron chi connectivity index (χ2n) is 12.3. The Kier molecular flexibility index (Phi) is 23.9. The normalized spacial score (nSPS) is 17.3. The fraction of sp³-hybridized carbons (Fsp3) is 0.935. The lowest BCUT2D eigenvalue weighted by Gasteiger charge is -2.32. The summed E-state index contributed by atoms with van der Waals surface area (Å²) >= 11 is 0. The molecule has 8 atom stereocenters. The summed E-state index contributed by atoms with van der Waals surface area (Å²) in [6.45, 7) is -0.545. The van der Waals surface area contributed by atoms with Crippen LogP contribution in [0.25, 0.3) is 0 Å². The Hall–Kier alpha value is -1.46. The van der Waals surface area contributed by atoms with Crippen molar-refractivity contribution < 1.29 is 60.7 Å². The van der Waals surface area contributed by atoms with Crippen LogP contribution in [-0.4, -0.2) is 162 Å². The SMILES string of the molecule is CCCCCCCCCCCCCCC(C(=O)N(C)C[C@H](O)[C@@H](O)[C@H](O)[C@H](O)CO)C(=O)N(C)C[C@H](O)[C@@H](O)[C@H](O)[C@H](O)CO. The average molecular weight is 655 g/mol. The van der Waals surface area contributed by atoms with Gasteiger partial charge in [0.25, 0.3) is 0 Å². The number of likely N-dealkylation sites (N-methyl/N-ethyl adjacent to an activating group) is 2. The van der Waals surface area contributed by atoms with E-state index in [-0.39, 0.29) is 6.42 Å². The summed E-state index contributed by atoms with van der Waals surface area (Å²) in [4.78, 5) is 28.9. The zero-order valence-corrected chi connectivity index (χ0v) is 27.4. The average Bonchev–Trinajstić information content (AvgIpc) is 3.03. The van der Waals surface area contributed by atoms with E-state index in [0.717, 1.165) is 41.9 Å². The number of hydrogen-bond acceptors (Lipinski definition) is 12. The highest BCUT2D eigenvalue weighted by Gasteiger charge is 2.37. The van der Waals surface area contributed by atoms with E-state index in [0.29, 0.717) is 6.42 Å². The maximum absolute atomic E-state index is 13.4. The molecule has 0 bridgehead atoms. The van der Waals surface area contributed by atoms with Gasteiger partial charge in [-0.05, 0) is 6.42 Å². The molecule has 10 N–H and O–H groups in total. The van der Waals surface area contributed by atoms with Crippen molar-refractivity contribution in [3.63, 3.8) is 0 Å². The van der Waals surface area contributed by atoms with Gasteiger partial charge >= 0.3 is 0 Å². The Morgan fingerprint density at radius 3 is 1.09 bits per heavy atom. The zero-order chi connectivity index (χ0) is 34.5. The van der Waals surface area contributed by atoms with Crippen LogP contribution in [0.3, 0.4) is 0 Å². The molecule has 0 aromatic heterocycles. The fourth-order valence-corrected chi connectivity index (χ4v) is 5.16. The molecule has 268 valence electrons. The van der Waals surface area contributed by atoms with Gasteiger partial charge < -0.3 is 60.9 Å². The molecule has 0 unspecified atom stereocenters. The number of aliphatic hydroxyl groups excluding tert-OH is 10. The summed E-state index contributed by atoms with van der Waals surface area (Å²) in [5.74, 6) is -2.66. The Labute approximate surface area is 267 Å². The van der Waals surface area contributed by atoms with Gasteiger partial charge in [0.2, 0.25) is 11.8 Å². The smallest absolute Gasteiger partial charge is 0.234 e. The molecular weight excluding hydrogens is 592 g/mol. The summed E-state index contributed by atoms with van der Waals surface area (Å²) in [5.41, 5.74) is 0. The van der Waals surface area contributed by atoms with Gasteiger partial charge in [-0.15, -0.1) is 0 Å². The highest BCUT2D eigenvalue weighted by Crippen LogP contribution is 2.19. The molecule has 14 nitrogen and oxygen atoms in total. The van der Waals surface area contributed by atoms with E-state index in [2.05, 4.69) is 6.92 Å². The number of carbonyl (C=O) groups is 2. The van der Waals surface area contributed by atoms with Gasteiger partial charge in [0.05, 0.1) is 13.2 Å². The van der Waals surface area contributed by atoms with Crippen LogP contribution >= 0.6 is 0 Å². The fourth-order valence-electron chi connectivity index (χ4n) is 5.16. The van der Waals surface area contributed by atoms with Crippen LogP contribution in [0.15, 0.2) is 0 Å². The Bertz CT molecular complexity index is 731. The second-order valence-corrected chi connectivity index (χ2v) is 12.3. The van der Waals surface area contributed by atoms with E-state index in [4.69, 9.17) is 10.2 Å². The van der Waals surface area contributed by atoms with Crippen LogP contribution < -0.4 is 0 Å². The first-order chi connectivity index (χ1) is 21.2. The van der Waals surface area contributed by atoms with E-state index in [1.807, 2.05) is 0 Å².